The molecule has 3 nitrogen and oxygen atoms in total. The summed E-state index contributed by atoms with van der Waals surface area (Å²) in [5.41, 5.74) is 7.63. The number of aryl methyl sites for hydroxylation is 4. The van der Waals surface area contributed by atoms with Crippen LogP contribution >= 0.6 is 0 Å². The van der Waals surface area contributed by atoms with Crippen LogP contribution in [0.25, 0.3) is 0 Å². The Labute approximate surface area is 122 Å². The Kier molecular flexibility index (Phi) is 4.29. The van der Waals surface area contributed by atoms with Gasteiger partial charge in [0.05, 0.1) is 11.7 Å². The standard InChI is InChI=1S/C17H25N3/c1-7-18-17(15-9-8-11(2)10-12(15)3)16-13(4)19-20(6)14(16)5/h8-10,17-18H,7H2,1-6H3. The maximum atomic E-state index is 4.56. The lowest BCUT2D eigenvalue weighted by Crippen LogP contribution is -2.24. The van der Waals surface area contributed by atoms with Gasteiger partial charge in [0, 0.05) is 18.3 Å². The molecule has 0 spiro atoms. The van der Waals surface area contributed by atoms with Gasteiger partial charge in [0.25, 0.3) is 0 Å². The topological polar surface area (TPSA) is 29.9 Å². The summed E-state index contributed by atoms with van der Waals surface area (Å²) in [4.78, 5) is 0. The van der Waals surface area contributed by atoms with Gasteiger partial charge in [-0.2, -0.15) is 5.10 Å². The molecule has 0 saturated heterocycles. The predicted octanol–water partition coefficient (Wildman–Crippen LogP) is 3.35. The third kappa shape index (κ3) is 2.63. The Bertz CT molecular complexity index is 611. The fourth-order valence-corrected chi connectivity index (χ4v) is 2.93. The van der Waals surface area contributed by atoms with Crippen LogP contribution in [-0.4, -0.2) is 16.3 Å². The van der Waals surface area contributed by atoms with Crippen molar-refractivity contribution >= 4 is 0 Å². The zero-order valence-corrected chi connectivity index (χ0v) is 13.4. The molecular weight excluding hydrogens is 246 g/mol. The number of nitrogens with zero attached hydrogens (tertiary/aromatic N) is 2. The summed E-state index contributed by atoms with van der Waals surface area (Å²) in [5.74, 6) is 0. The van der Waals surface area contributed by atoms with Crippen molar-refractivity contribution < 1.29 is 0 Å². The van der Waals surface area contributed by atoms with Crippen LogP contribution in [0.5, 0.6) is 0 Å². The molecule has 2 rings (SSSR count). The van der Waals surface area contributed by atoms with Crippen LogP contribution in [-0.2, 0) is 7.05 Å². The number of nitrogens with one attached hydrogen (secondary N) is 1. The summed E-state index contributed by atoms with van der Waals surface area (Å²) >= 11 is 0. The lowest BCUT2D eigenvalue weighted by Gasteiger charge is -2.21. The molecule has 0 aliphatic rings. The van der Waals surface area contributed by atoms with Gasteiger partial charge in [0.2, 0.25) is 0 Å². The van der Waals surface area contributed by atoms with Gasteiger partial charge in [-0.3, -0.25) is 4.68 Å². The molecule has 3 heteroatoms. The molecule has 0 aliphatic carbocycles. The molecule has 0 aliphatic heterocycles. The monoisotopic (exact) mass is 271 g/mol. The van der Waals surface area contributed by atoms with E-state index in [4.69, 9.17) is 0 Å². The summed E-state index contributed by atoms with van der Waals surface area (Å²) in [7, 11) is 2.01. The molecule has 0 amide bonds. The second-order valence-corrected chi connectivity index (χ2v) is 5.56. The smallest absolute Gasteiger partial charge is 0.0647 e. The van der Waals surface area contributed by atoms with Crippen molar-refractivity contribution in [2.75, 3.05) is 6.54 Å². The number of aromatic nitrogens is 2. The van der Waals surface area contributed by atoms with Gasteiger partial charge in [-0.15, -0.1) is 0 Å². The van der Waals surface area contributed by atoms with Crippen molar-refractivity contribution in [3.8, 4) is 0 Å². The molecule has 1 N–H and O–H groups in total. The maximum absolute atomic E-state index is 4.56. The normalized spacial score (nSPS) is 12.7. The van der Waals surface area contributed by atoms with Crippen LogP contribution in [0.15, 0.2) is 18.2 Å². The van der Waals surface area contributed by atoms with Crippen molar-refractivity contribution in [1.29, 1.82) is 0 Å². The Balaban J connectivity index is 2.56. The Hall–Kier alpha value is -1.61. The summed E-state index contributed by atoms with van der Waals surface area (Å²) in [5, 5.41) is 8.18. The highest BCUT2D eigenvalue weighted by molar-refractivity contribution is 5.42. The third-order valence-electron chi connectivity index (χ3n) is 4.00. The summed E-state index contributed by atoms with van der Waals surface area (Å²) < 4.78 is 1.97. The van der Waals surface area contributed by atoms with Crippen molar-refractivity contribution in [3.05, 3.63) is 51.8 Å². The Morgan fingerprint density at radius 2 is 1.90 bits per heavy atom. The van der Waals surface area contributed by atoms with Crippen molar-refractivity contribution in [2.24, 2.45) is 7.05 Å². The van der Waals surface area contributed by atoms with Crippen molar-refractivity contribution in [3.63, 3.8) is 0 Å². The van der Waals surface area contributed by atoms with E-state index in [1.807, 2.05) is 11.7 Å². The van der Waals surface area contributed by atoms with Crippen LogP contribution in [0, 0.1) is 27.7 Å². The molecule has 0 radical (unpaired) electrons. The highest BCUT2D eigenvalue weighted by Crippen LogP contribution is 2.29. The van der Waals surface area contributed by atoms with E-state index in [1.165, 1.54) is 27.9 Å². The van der Waals surface area contributed by atoms with E-state index < -0.39 is 0 Å². The Morgan fingerprint density at radius 1 is 1.20 bits per heavy atom. The number of rotatable bonds is 4. The van der Waals surface area contributed by atoms with Gasteiger partial charge in [-0.05, 0) is 45.4 Å². The largest absolute Gasteiger partial charge is 0.306 e. The number of benzene rings is 1. The fraction of sp³-hybridized carbons (Fsp3) is 0.471. The molecule has 1 heterocycles. The van der Waals surface area contributed by atoms with Crippen molar-refractivity contribution in [1.82, 2.24) is 15.1 Å². The van der Waals surface area contributed by atoms with Gasteiger partial charge in [-0.25, -0.2) is 0 Å². The van der Waals surface area contributed by atoms with E-state index in [9.17, 15) is 0 Å². The zero-order valence-electron chi connectivity index (χ0n) is 13.4. The summed E-state index contributed by atoms with van der Waals surface area (Å²) in [6.45, 7) is 11.6. The summed E-state index contributed by atoms with van der Waals surface area (Å²) in [6.07, 6.45) is 0. The zero-order chi connectivity index (χ0) is 14.9. The van der Waals surface area contributed by atoms with Crippen LogP contribution in [0.1, 0.15) is 46.6 Å². The molecular formula is C17H25N3. The highest BCUT2D eigenvalue weighted by Gasteiger charge is 2.22. The minimum atomic E-state index is 0.217. The second kappa shape index (κ2) is 5.80. The first-order valence-corrected chi connectivity index (χ1v) is 7.26. The minimum Gasteiger partial charge on any atom is -0.306 e. The first kappa shape index (κ1) is 14.8. The Morgan fingerprint density at radius 3 is 2.40 bits per heavy atom. The number of hydrogen-bond acceptors (Lipinski definition) is 2. The van der Waals surface area contributed by atoms with E-state index in [2.05, 4.69) is 63.2 Å². The molecule has 1 aromatic carbocycles. The van der Waals surface area contributed by atoms with E-state index >= 15 is 0 Å². The van der Waals surface area contributed by atoms with E-state index in [-0.39, 0.29) is 6.04 Å². The molecule has 0 fully saturated rings. The molecule has 0 saturated carbocycles. The highest BCUT2D eigenvalue weighted by atomic mass is 15.3. The first-order chi connectivity index (χ1) is 9.45. The van der Waals surface area contributed by atoms with Gasteiger partial charge < -0.3 is 5.32 Å². The molecule has 20 heavy (non-hydrogen) atoms. The molecule has 1 atom stereocenters. The summed E-state index contributed by atoms with van der Waals surface area (Å²) in [6, 6.07) is 6.90. The van der Waals surface area contributed by atoms with Crippen LogP contribution in [0.4, 0.5) is 0 Å². The molecule has 2 aromatic rings. The SMILES string of the molecule is CCNC(c1ccc(C)cc1C)c1c(C)nn(C)c1C. The maximum Gasteiger partial charge on any atom is 0.0647 e. The molecule has 1 unspecified atom stereocenters. The van der Waals surface area contributed by atoms with Gasteiger partial charge in [0.15, 0.2) is 0 Å². The van der Waals surface area contributed by atoms with Crippen LogP contribution in [0.3, 0.4) is 0 Å². The molecule has 0 bridgehead atoms. The van der Waals surface area contributed by atoms with Gasteiger partial charge in [-0.1, -0.05) is 30.7 Å². The van der Waals surface area contributed by atoms with Gasteiger partial charge >= 0.3 is 0 Å². The first-order valence-electron chi connectivity index (χ1n) is 7.26. The van der Waals surface area contributed by atoms with Crippen LogP contribution in [0.2, 0.25) is 0 Å². The molecule has 108 valence electrons. The van der Waals surface area contributed by atoms with Crippen LogP contribution < -0.4 is 5.32 Å². The third-order valence-corrected chi connectivity index (χ3v) is 4.00. The van der Waals surface area contributed by atoms with E-state index in [1.54, 1.807) is 0 Å². The average Bonchev–Trinajstić information content (AvgIpc) is 2.62. The molecule has 1 aromatic heterocycles. The van der Waals surface area contributed by atoms with E-state index in [0.717, 1.165) is 12.2 Å². The lowest BCUT2D eigenvalue weighted by atomic mass is 9.92. The predicted molar refractivity (Wildman–Crippen MR) is 84.1 cm³/mol. The van der Waals surface area contributed by atoms with Crippen molar-refractivity contribution in [2.45, 2.75) is 40.7 Å². The average molecular weight is 271 g/mol. The number of hydrogen-bond donors (Lipinski definition) is 1. The fourth-order valence-electron chi connectivity index (χ4n) is 2.93. The minimum absolute atomic E-state index is 0.217. The quantitative estimate of drug-likeness (QED) is 0.924. The lowest BCUT2D eigenvalue weighted by molar-refractivity contribution is 0.620. The van der Waals surface area contributed by atoms with Gasteiger partial charge in [0.1, 0.15) is 0 Å². The van der Waals surface area contributed by atoms with E-state index in [0.29, 0.717) is 0 Å². The second-order valence-electron chi connectivity index (χ2n) is 5.56.